The summed E-state index contributed by atoms with van der Waals surface area (Å²) in [6.07, 6.45) is -1.16. The Labute approximate surface area is 141 Å². The van der Waals surface area contributed by atoms with E-state index in [9.17, 15) is 9.90 Å². The number of nitrogens with zero attached hydrogens (tertiary/aromatic N) is 4. The molecule has 0 saturated heterocycles. The third-order valence-electron chi connectivity index (χ3n) is 3.88. The van der Waals surface area contributed by atoms with Crippen molar-refractivity contribution in [3.63, 3.8) is 0 Å². The Morgan fingerprint density at radius 1 is 1.08 bits per heavy atom. The molecule has 8 nitrogen and oxygen atoms in total. The van der Waals surface area contributed by atoms with Crippen molar-refractivity contribution in [3.05, 3.63) is 66.0 Å². The number of para-hydroxylation sites is 1. The van der Waals surface area contributed by atoms with Gasteiger partial charge < -0.3 is 16.2 Å². The van der Waals surface area contributed by atoms with Gasteiger partial charge in [0.1, 0.15) is 6.04 Å². The average molecular weight is 334 g/mol. The Morgan fingerprint density at radius 2 is 1.80 bits per heavy atom. The first-order chi connectivity index (χ1) is 12.1. The fraction of sp³-hybridized carbons (Fsp3) is 0.0588. The van der Waals surface area contributed by atoms with Gasteiger partial charge in [-0.25, -0.2) is 9.78 Å². The van der Waals surface area contributed by atoms with Gasteiger partial charge in [0.25, 0.3) is 0 Å². The molecular weight excluding hydrogens is 320 g/mol. The summed E-state index contributed by atoms with van der Waals surface area (Å²) >= 11 is 0. The van der Waals surface area contributed by atoms with Crippen LogP contribution in [0.2, 0.25) is 0 Å². The number of hydrogen-bond acceptors (Lipinski definition) is 5. The van der Waals surface area contributed by atoms with E-state index in [1.165, 1.54) is 4.52 Å². The number of rotatable bonds is 3. The molecule has 25 heavy (non-hydrogen) atoms. The summed E-state index contributed by atoms with van der Waals surface area (Å²) in [5.74, 6) is 0.494. The van der Waals surface area contributed by atoms with Crippen LogP contribution in [0.5, 0.6) is 0 Å². The highest BCUT2D eigenvalue weighted by Crippen LogP contribution is 2.25. The van der Waals surface area contributed by atoms with Gasteiger partial charge >= 0.3 is 6.09 Å². The molecule has 8 heteroatoms. The van der Waals surface area contributed by atoms with Gasteiger partial charge in [0.15, 0.2) is 11.5 Å². The predicted molar refractivity (Wildman–Crippen MR) is 92.1 cm³/mol. The van der Waals surface area contributed by atoms with Gasteiger partial charge in [-0.05, 0) is 17.7 Å². The van der Waals surface area contributed by atoms with Crippen LogP contribution in [0, 0.1) is 0 Å². The van der Waals surface area contributed by atoms with Crippen molar-refractivity contribution in [2.75, 3.05) is 5.73 Å². The lowest BCUT2D eigenvalue weighted by atomic mass is 10.1. The average Bonchev–Trinajstić information content (AvgIpc) is 3.01. The summed E-state index contributed by atoms with van der Waals surface area (Å²) in [5.41, 5.74) is 7.74. The number of anilines is 1. The standard InChI is InChI=1S/C17H14N6O2/c18-16-21-14-11-8-4-5-9-12(11)19-15(23(14)22-16)13(20-17(24)25)10-6-2-1-3-7-10/h1-9,13,20H,(H2,18,22)(H,24,25)/t13-/m0/s1. The van der Waals surface area contributed by atoms with Crippen molar-refractivity contribution in [1.82, 2.24) is 24.9 Å². The summed E-state index contributed by atoms with van der Waals surface area (Å²) < 4.78 is 1.49. The molecule has 4 N–H and O–H groups in total. The van der Waals surface area contributed by atoms with Crippen LogP contribution in [-0.4, -0.2) is 30.8 Å². The number of nitrogens with two attached hydrogens (primary N) is 1. The number of aromatic nitrogens is 4. The Bertz CT molecular complexity index is 1080. The summed E-state index contributed by atoms with van der Waals surface area (Å²) in [7, 11) is 0. The van der Waals surface area contributed by atoms with E-state index in [1.807, 2.05) is 54.6 Å². The Kier molecular flexibility index (Phi) is 3.42. The van der Waals surface area contributed by atoms with Crippen molar-refractivity contribution in [2.45, 2.75) is 6.04 Å². The molecule has 0 spiro atoms. The first-order valence-corrected chi connectivity index (χ1v) is 7.59. The minimum atomic E-state index is -1.16. The maximum atomic E-state index is 11.4. The van der Waals surface area contributed by atoms with Crippen LogP contribution in [0.25, 0.3) is 16.6 Å². The summed E-state index contributed by atoms with van der Waals surface area (Å²) in [6.45, 7) is 0. The predicted octanol–water partition coefficient (Wildman–Crippen LogP) is 2.22. The van der Waals surface area contributed by atoms with Crippen LogP contribution in [0.3, 0.4) is 0 Å². The molecule has 2 aromatic carbocycles. The first-order valence-electron chi connectivity index (χ1n) is 7.59. The van der Waals surface area contributed by atoms with Crippen LogP contribution in [0.1, 0.15) is 17.4 Å². The monoisotopic (exact) mass is 334 g/mol. The topological polar surface area (TPSA) is 118 Å². The highest BCUT2D eigenvalue weighted by Gasteiger charge is 2.23. The molecule has 0 aliphatic carbocycles. The first kappa shape index (κ1) is 14.9. The molecule has 1 amide bonds. The number of nitrogens with one attached hydrogen (secondary N) is 1. The molecule has 0 radical (unpaired) electrons. The molecule has 2 heterocycles. The summed E-state index contributed by atoms with van der Waals surface area (Å²) in [5, 5.41) is 16.8. The van der Waals surface area contributed by atoms with Gasteiger partial charge in [0.05, 0.1) is 5.52 Å². The van der Waals surface area contributed by atoms with Crippen LogP contribution >= 0.6 is 0 Å². The molecule has 1 atom stereocenters. The van der Waals surface area contributed by atoms with E-state index in [4.69, 9.17) is 5.73 Å². The number of carbonyl (C=O) groups is 1. The quantitative estimate of drug-likeness (QED) is 0.528. The second-order valence-corrected chi connectivity index (χ2v) is 5.49. The number of nitrogen functional groups attached to an aromatic ring is 1. The molecule has 0 bridgehead atoms. The normalized spacial score (nSPS) is 12.3. The smallest absolute Gasteiger partial charge is 0.405 e. The van der Waals surface area contributed by atoms with Gasteiger partial charge in [-0.3, -0.25) is 0 Å². The van der Waals surface area contributed by atoms with Crippen LogP contribution in [-0.2, 0) is 0 Å². The Hall–Kier alpha value is -3.68. The molecule has 0 saturated carbocycles. The second kappa shape index (κ2) is 5.75. The van der Waals surface area contributed by atoms with E-state index in [1.54, 1.807) is 0 Å². The van der Waals surface area contributed by atoms with E-state index >= 15 is 0 Å². The fourth-order valence-corrected chi connectivity index (χ4v) is 2.85. The highest BCUT2D eigenvalue weighted by atomic mass is 16.4. The van der Waals surface area contributed by atoms with Gasteiger partial charge in [-0.1, -0.05) is 42.5 Å². The van der Waals surface area contributed by atoms with E-state index < -0.39 is 12.1 Å². The number of fused-ring (bicyclic) bond motifs is 3. The summed E-state index contributed by atoms with van der Waals surface area (Å²) in [4.78, 5) is 20.2. The maximum absolute atomic E-state index is 11.4. The van der Waals surface area contributed by atoms with Gasteiger partial charge in [-0.2, -0.15) is 9.50 Å². The van der Waals surface area contributed by atoms with E-state index in [2.05, 4.69) is 20.4 Å². The van der Waals surface area contributed by atoms with Crippen molar-refractivity contribution < 1.29 is 9.90 Å². The minimum absolute atomic E-state index is 0.0986. The summed E-state index contributed by atoms with van der Waals surface area (Å²) in [6, 6.07) is 15.9. The Morgan fingerprint density at radius 3 is 2.56 bits per heavy atom. The fourth-order valence-electron chi connectivity index (χ4n) is 2.85. The van der Waals surface area contributed by atoms with E-state index in [0.717, 1.165) is 10.9 Å². The molecule has 124 valence electrons. The van der Waals surface area contributed by atoms with Crippen molar-refractivity contribution in [3.8, 4) is 0 Å². The molecule has 0 aliphatic rings. The zero-order valence-corrected chi connectivity index (χ0v) is 13.0. The zero-order valence-electron chi connectivity index (χ0n) is 13.0. The van der Waals surface area contributed by atoms with Gasteiger partial charge in [0, 0.05) is 5.39 Å². The number of amides is 1. The van der Waals surface area contributed by atoms with Crippen LogP contribution in [0.15, 0.2) is 54.6 Å². The number of carboxylic acid groups (broad SMARTS) is 1. The second-order valence-electron chi connectivity index (χ2n) is 5.49. The van der Waals surface area contributed by atoms with Crippen LogP contribution in [0.4, 0.5) is 10.7 Å². The zero-order chi connectivity index (χ0) is 17.4. The lowest BCUT2D eigenvalue weighted by Crippen LogP contribution is -2.30. The lowest BCUT2D eigenvalue weighted by molar-refractivity contribution is 0.191. The van der Waals surface area contributed by atoms with Gasteiger partial charge in [0.2, 0.25) is 5.95 Å². The van der Waals surface area contributed by atoms with E-state index in [-0.39, 0.29) is 5.95 Å². The molecule has 0 unspecified atom stereocenters. The van der Waals surface area contributed by atoms with Crippen molar-refractivity contribution in [1.29, 1.82) is 0 Å². The molecule has 0 fully saturated rings. The Balaban J connectivity index is 2.03. The molecule has 4 rings (SSSR count). The minimum Gasteiger partial charge on any atom is -0.465 e. The van der Waals surface area contributed by atoms with Crippen molar-refractivity contribution in [2.24, 2.45) is 0 Å². The highest BCUT2D eigenvalue weighted by molar-refractivity contribution is 5.91. The molecule has 0 aliphatic heterocycles. The largest absolute Gasteiger partial charge is 0.465 e. The number of hydrogen-bond donors (Lipinski definition) is 3. The van der Waals surface area contributed by atoms with Gasteiger partial charge in [-0.15, -0.1) is 5.10 Å². The third-order valence-corrected chi connectivity index (χ3v) is 3.88. The number of benzene rings is 2. The van der Waals surface area contributed by atoms with Crippen LogP contribution < -0.4 is 11.1 Å². The third kappa shape index (κ3) is 2.59. The van der Waals surface area contributed by atoms with E-state index in [0.29, 0.717) is 17.0 Å². The molecule has 2 aromatic heterocycles. The molecule has 4 aromatic rings. The maximum Gasteiger partial charge on any atom is 0.405 e. The molecular formula is C17H14N6O2. The SMILES string of the molecule is Nc1nc2c3ccccc3nc([C@@H](NC(=O)O)c3ccccc3)n2n1. The van der Waals surface area contributed by atoms with Crippen molar-refractivity contribution >= 4 is 28.6 Å². The lowest BCUT2D eigenvalue weighted by Gasteiger charge is -2.18.